The molecule has 4 heteroatoms. The van der Waals surface area contributed by atoms with E-state index < -0.39 is 0 Å². The monoisotopic (exact) mass is 394 g/mol. The minimum atomic E-state index is -0.303. The molecule has 0 saturated carbocycles. The van der Waals surface area contributed by atoms with Crippen molar-refractivity contribution in [3.8, 4) is 0 Å². The Morgan fingerprint density at radius 3 is 2.83 bits per heavy atom. The van der Waals surface area contributed by atoms with E-state index in [4.69, 9.17) is 4.74 Å². The summed E-state index contributed by atoms with van der Waals surface area (Å²) in [6.07, 6.45) is 13.8. The highest BCUT2D eigenvalue weighted by atomic mass is 16.5. The second kappa shape index (κ2) is 10.3. The van der Waals surface area contributed by atoms with Crippen molar-refractivity contribution in [1.82, 2.24) is 9.88 Å². The van der Waals surface area contributed by atoms with E-state index in [1.165, 1.54) is 54.1 Å². The molecule has 1 atom stereocenters. The molecule has 0 bridgehead atoms. The van der Waals surface area contributed by atoms with Crippen LogP contribution in [-0.4, -0.2) is 35.5 Å². The van der Waals surface area contributed by atoms with E-state index in [1.54, 1.807) is 6.08 Å². The number of hydrogen-bond donors (Lipinski definition) is 1. The van der Waals surface area contributed by atoms with Gasteiger partial charge in [-0.2, -0.15) is 0 Å². The molecule has 0 spiro atoms. The van der Waals surface area contributed by atoms with Crippen LogP contribution < -0.4 is 0 Å². The Bertz CT molecular complexity index is 878. The lowest BCUT2D eigenvalue weighted by molar-refractivity contribution is -0.134. The van der Waals surface area contributed by atoms with Crippen molar-refractivity contribution in [2.24, 2.45) is 0 Å². The number of hydrogen-bond acceptors (Lipinski definition) is 3. The van der Waals surface area contributed by atoms with Crippen LogP contribution in [0.1, 0.15) is 63.6 Å². The first kappa shape index (κ1) is 21.2. The van der Waals surface area contributed by atoms with E-state index in [-0.39, 0.29) is 12.0 Å². The Morgan fingerprint density at radius 1 is 1.24 bits per heavy atom. The number of allylic oxidation sites excluding steroid dienone is 1. The van der Waals surface area contributed by atoms with Gasteiger partial charge in [0.2, 0.25) is 0 Å². The summed E-state index contributed by atoms with van der Waals surface area (Å²) in [6, 6.07) is 8.88. The molecule has 2 heterocycles. The highest BCUT2D eigenvalue weighted by Gasteiger charge is 2.22. The van der Waals surface area contributed by atoms with Crippen LogP contribution in [0.4, 0.5) is 0 Å². The quantitative estimate of drug-likeness (QED) is 0.347. The van der Waals surface area contributed by atoms with Crippen molar-refractivity contribution in [3.63, 3.8) is 0 Å². The number of rotatable bonds is 8. The number of para-hydroxylation sites is 1. The number of aromatic nitrogens is 1. The van der Waals surface area contributed by atoms with Gasteiger partial charge in [0.1, 0.15) is 0 Å². The Morgan fingerprint density at radius 2 is 2.07 bits per heavy atom. The number of carbonyl (C=O) groups excluding carboxylic acids is 1. The first-order valence-electron chi connectivity index (χ1n) is 11.0. The fourth-order valence-electron chi connectivity index (χ4n) is 4.28. The summed E-state index contributed by atoms with van der Waals surface area (Å²) in [5.74, 6) is -0.303. The van der Waals surface area contributed by atoms with E-state index in [9.17, 15) is 4.79 Å². The standard InChI is InChI=1S/C25H34N2O2/c1-4-6-7-11-19-18-20(10-5-2)27(17-15-24(28)29-3)16-14-22-21-12-8-9-13-23(21)26-25(19)22/h8-9,12-13,15,17-18,20,26H,4-7,10-11,14,16H2,1-3H3/b17-15+,19-18-. The van der Waals surface area contributed by atoms with Gasteiger partial charge in [0, 0.05) is 41.5 Å². The number of benzene rings is 1. The molecule has 4 nitrogen and oxygen atoms in total. The third kappa shape index (κ3) is 5.11. The van der Waals surface area contributed by atoms with Crippen molar-refractivity contribution in [1.29, 1.82) is 0 Å². The number of carbonyl (C=O) groups is 1. The van der Waals surface area contributed by atoms with Crippen LogP contribution in [0.5, 0.6) is 0 Å². The number of fused-ring (bicyclic) bond motifs is 3. The first-order valence-corrected chi connectivity index (χ1v) is 11.0. The molecule has 1 aromatic carbocycles. The molecule has 1 unspecified atom stereocenters. The SMILES string of the molecule is CCCCC/C1=C/C(CCC)N(/C=C/C(=O)OC)CCc2c1[nH]c1ccccc21. The zero-order valence-corrected chi connectivity index (χ0v) is 18.0. The maximum absolute atomic E-state index is 11.7. The number of methoxy groups -OCH3 is 1. The zero-order chi connectivity index (χ0) is 20.6. The van der Waals surface area contributed by atoms with Crippen molar-refractivity contribution < 1.29 is 9.53 Å². The molecule has 1 aliphatic heterocycles. The van der Waals surface area contributed by atoms with Crippen molar-refractivity contribution in [3.05, 3.63) is 53.9 Å². The molecule has 1 aromatic heterocycles. The molecule has 0 amide bonds. The average molecular weight is 395 g/mol. The van der Waals surface area contributed by atoms with Gasteiger partial charge in [-0.25, -0.2) is 4.79 Å². The summed E-state index contributed by atoms with van der Waals surface area (Å²) >= 11 is 0. The molecule has 0 saturated heterocycles. The second-order valence-corrected chi connectivity index (χ2v) is 7.86. The van der Waals surface area contributed by atoms with Crippen LogP contribution in [0.25, 0.3) is 16.5 Å². The normalized spacial score (nSPS) is 18.9. The van der Waals surface area contributed by atoms with Crippen LogP contribution in [0.3, 0.4) is 0 Å². The number of ether oxygens (including phenoxy) is 1. The van der Waals surface area contributed by atoms with Crippen LogP contribution >= 0.6 is 0 Å². The molecule has 156 valence electrons. The smallest absolute Gasteiger partial charge is 0.331 e. The average Bonchev–Trinajstić information content (AvgIpc) is 3.09. The minimum absolute atomic E-state index is 0.289. The number of H-pyrrole nitrogens is 1. The summed E-state index contributed by atoms with van der Waals surface area (Å²) in [5.41, 5.74) is 5.35. The molecule has 0 fully saturated rings. The number of esters is 1. The molecule has 3 rings (SSSR count). The van der Waals surface area contributed by atoms with E-state index in [1.807, 2.05) is 6.20 Å². The number of unbranched alkanes of at least 4 members (excludes halogenated alkanes) is 2. The summed E-state index contributed by atoms with van der Waals surface area (Å²) in [5, 5.41) is 1.31. The van der Waals surface area contributed by atoms with Gasteiger partial charge in [0.05, 0.1) is 7.11 Å². The fraction of sp³-hybridized carbons (Fsp3) is 0.480. The second-order valence-electron chi connectivity index (χ2n) is 7.86. The first-order chi connectivity index (χ1) is 14.2. The minimum Gasteiger partial charge on any atom is -0.466 e. The molecule has 2 aromatic rings. The predicted octanol–water partition coefficient (Wildman–Crippen LogP) is 5.85. The van der Waals surface area contributed by atoms with Gasteiger partial charge < -0.3 is 14.6 Å². The van der Waals surface area contributed by atoms with E-state index in [0.717, 1.165) is 32.2 Å². The Hall–Kier alpha value is -2.49. The van der Waals surface area contributed by atoms with Gasteiger partial charge >= 0.3 is 5.97 Å². The Kier molecular flexibility index (Phi) is 7.56. The summed E-state index contributed by atoms with van der Waals surface area (Å²) in [7, 11) is 1.42. The zero-order valence-electron chi connectivity index (χ0n) is 18.0. The van der Waals surface area contributed by atoms with E-state index in [2.05, 4.69) is 54.1 Å². The van der Waals surface area contributed by atoms with Gasteiger partial charge in [0.25, 0.3) is 0 Å². The largest absolute Gasteiger partial charge is 0.466 e. The third-order valence-electron chi connectivity index (χ3n) is 5.81. The molecule has 0 aliphatic carbocycles. The van der Waals surface area contributed by atoms with Crippen LogP contribution in [0.2, 0.25) is 0 Å². The summed E-state index contributed by atoms with van der Waals surface area (Å²) in [4.78, 5) is 17.7. The van der Waals surface area contributed by atoms with Crippen LogP contribution in [0, 0.1) is 0 Å². The third-order valence-corrected chi connectivity index (χ3v) is 5.81. The van der Waals surface area contributed by atoms with Gasteiger partial charge in [0.15, 0.2) is 0 Å². The molecular formula is C25H34N2O2. The lowest BCUT2D eigenvalue weighted by atomic mass is 9.93. The highest BCUT2D eigenvalue weighted by molar-refractivity contribution is 5.89. The Balaban J connectivity index is 2.03. The molecule has 1 N–H and O–H groups in total. The highest BCUT2D eigenvalue weighted by Crippen LogP contribution is 2.33. The van der Waals surface area contributed by atoms with E-state index in [0.29, 0.717) is 0 Å². The van der Waals surface area contributed by atoms with Crippen molar-refractivity contribution in [2.75, 3.05) is 13.7 Å². The maximum Gasteiger partial charge on any atom is 0.331 e. The fourth-order valence-corrected chi connectivity index (χ4v) is 4.28. The van der Waals surface area contributed by atoms with Gasteiger partial charge in [-0.05, 0) is 42.9 Å². The summed E-state index contributed by atoms with van der Waals surface area (Å²) in [6.45, 7) is 5.35. The van der Waals surface area contributed by atoms with Crippen molar-refractivity contribution >= 4 is 22.4 Å². The summed E-state index contributed by atoms with van der Waals surface area (Å²) < 4.78 is 4.81. The topological polar surface area (TPSA) is 45.3 Å². The maximum atomic E-state index is 11.7. The lowest BCUT2D eigenvalue weighted by Gasteiger charge is -2.31. The van der Waals surface area contributed by atoms with Crippen LogP contribution in [-0.2, 0) is 16.0 Å². The molecule has 0 radical (unpaired) electrons. The Labute approximate surface area is 174 Å². The predicted molar refractivity (Wildman–Crippen MR) is 121 cm³/mol. The van der Waals surface area contributed by atoms with Crippen molar-refractivity contribution in [2.45, 2.75) is 64.8 Å². The lowest BCUT2D eigenvalue weighted by Crippen LogP contribution is -2.32. The van der Waals surface area contributed by atoms with E-state index >= 15 is 0 Å². The molecule has 1 aliphatic rings. The molecule has 29 heavy (non-hydrogen) atoms. The van der Waals surface area contributed by atoms with Gasteiger partial charge in [-0.3, -0.25) is 0 Å². The number of aromatic amines is 1. The number of nitrogens with zero attached hydrogens (tertiary/aromatic N) is 1. The van der Waals surface area contributed by atoms with Crippen LogP contribution in [0.15, 0.2) is 42.6 Å². The van der Waals surface area contributed by atoms with Gasteiger partial charge in [-0.15, -0.1) is 0 Å². The number of nitrogens with one attached hydrogen (secondary N) is 1. The molecular weight excluding hydrogens is 360 g/mol. The van der Waals surface area contributed by atoms with Gasteiger partial charge in [-0.1, -0.05) is 57.4 Å².